The highest BCUT2D eigenvalue weighted by molar-refractivity contribution is 5.96. The fourth-order valence-corrected chi connectivity index (χ4v) is 2.02. The van der Waals surface area contributed by atoms with Gasteiger partial charge in [-0.25, -0.2) is 0 Å². The molecule has 0 bridgehead atoms. The Kier molecular flexibility index (Phi) is 3.25. The van der Waals surface area contributed by atoms with Gasteiger partial charge in [0.2, 0.25) is 0 Å². The van der Waals surface area contributed by atoms with Crippen LogP contribution in [0.3, 0.4) is 0 Å². The van der Waals surface area contributed by atoms with Crippen molar-refractivity contribution in [1.29, 1.82) is 5.41 Å². The van der Waals surface area contributed by atoms with Crippen molar-refractivity contribution in [2.75, 3.05) is 13.6 Å². The van der Waals surface area contributed by atoms with Crippen LogP contribution in [0.25, 0.3) is 0 Å². The van der Waals surface area contributed by atoms with Gasteiger partial charge < -0.3 is 10.6 Å². The summed E-state index contributed by atoms with van der Waals surface area (Å²) < 4.78 is 0. The summed E-state index contributed by atoms with van der Waals surface area (Å²) in [6.07, 6.45) is 2.75. The predicted molar refractivity (Wildman–Crippen MR) is 66.5 cm³/mol. The zero-order chi connectivity index (χ0) is 11.5. The van der Waals surface area contributed by atoms with E-state index in [1.54, 1.807) is 0 Å². The van der Waals surface area contributed by atoms with Gasteiger partial charge in [-0.15, -0.1) is 0 Å². The van der Waals surface area contributed by atoms with E-state index in [1.807, 2.05) is 18.2 Å². The first-order valence-electron chi connectivity index (χ1n) is 5.77. The van der Waals surface area contributed by atoms with E-state index in [4.69, 9.17) is 11.1 Å². The molecule has 86 valence electrons. The van der Waals surface area contributed by atoms with Crippen molar-refractivity contribution in [3.63, 3.8) is 0 Å². The summed E-state index contributed by atoms with van der Waals surface area (Å²) in [6, 6.07) is 7.91. The molecule has 2 rings (SSSR count). The number of benzene rings is 1. The Morgan fingerprint density at radius 3 is 2.75 bits per heavy atom. The fraction of sp³-hybridized carbons (Fsp3) is 0.462. The van der Waals surface area contributed by atoms with E-state index in [-0.39, 0.29) is 5.84 Å². The fourth-order valence-electron chi connectivity index (χ4n) is 2.02. The van der Waals surface area contributed by atoms with E-state index in [0.29, 0.717) is 0 Å². The number of nitrogen functional groups attached to an aromatic ring is 1. The molecule has 0 saturated heterocycles. The van der Waals surface area contributed by atoms with Crippen LogP contribution in [-0.4, -0.2) is 24.3 Å². The van der Waals surface area contributed by atoms with Crippen molar-refractivity contribution in [2.45, 2.75) is 19.4 Å². The maximum atomic E-state index is 7.53. The second-order valence-corrected chi connectivity index (χ2v) is 4.71. The maximum Gasteiger partial charge on any atom is 0.123 e. The summed E-state index contributed by atoms with van der Waals surface area (Å²) in [4.78, 5) is 2.32. The third-order valence-electron chi connectivity index (χ3n) is 3.01. The van der Waals surface area contributed by atoms with Gasteiger partial charge in [0.1, 0.15) is 5.84 Å². The number of hydrogen-bond acceptors (Lipinski definition) is 2. The molecular formula is C13H19N3. The van der Waals surface area contributed by atoms with Crippen molar-refractivity contribution in [3.05, 3.63) is 35.4 Å². The van der Waals surface area contributed by atoms with Crippen LogP contribution in [-0.2, 0) is 6.54 Å². The Hall–Kier alpha value is -1.35. The Labute approximate surface area is 96.8 Å². The Balaban J connectivity index is 2.04. The van der Waals surface area contributed by atoms with Gasteiger partial charge in [0.15, 0.2) is 0 Å². The largest absolute Gasteiger partial charge is 0.384 e. The number of hydrogen-bond donors (Lipinski definition) is 2. The first kappa shape index (κ1) is 11.1. The molecule has 16 heavy (non-hydrogen) atoms. The predicted octanol–water partition coefficient (Wildman–Crippen LogP) is 1.81. The number of rotatable bonds is 5. The highest BCUT2D eigenvalue weighted by Crippen LogP contribution is 2.29. The zero-order valence-electron chi connectivity index (χ0n) is 9.74. The standard InChI is InChI=1S/C13H19N3/c1-16(8-10-6-7-10)9-11-4-2-3-5-12(11)13(14)15/h2-5,10H,6-9H2,1H3,(H3,14,15). The zero-order valence-corrected chi connectivity index (χ0v) is 9.74. The second-order valence-electron chi connectivity index (χ2n) is 4.71. The summed E-state index contributed by atoms with van der Waals surface area (Å²) in [5.74, 6) is 1.06. The molecule has 0 amide bonds. The number of nitrogens with one attached hydrogen (secondary N) is 1. The summed E-state index contributed by atoms with van der Waals surface area (Å²) in [5, 5.41) is 7.53. The third-order valence-corrected chi connectivity index (χ3v) is 3.01. The molecule has 0 aliphatic heterocycles. The molecule has 1 aliphatic carbocycles. The molecule has 0 radical (unpaired) electrons. The molecule has 0 aromatic heterocycles. The molecule has 1 fully saturated rings. The first-order valence-corrected chi connectivity index (χ1v) is 5.77. The molecule has 1 saturated carbocycles. The van der Waals surface area contributed by atoms with Crippen LogP contribution in [0.2, 0.25) is 0 Å². The molecule has 1 aromatic rings. The smallest absolute Gasteiger partial charge is 0.123 e. The van der Waals surface area contributed by atoms with E-state index in [9.17, 15) is 0 Å². The van der Waals surface area contributed by atoms with E-state index in [1.165, 1.54) is 12.8 Å². The van der Waals surface area contributed by atoms with Crippen molar-refractivity contribution in [3.8, 4) is 0 Å². The third kappa shape index (κ3) is 2.83. The maximum absolute atomic E-state index is 7.53. The molecule has 0 atom stereocenters. The number of nitrogens with zero attached hydrogens (tertiary/aromatic N) is 1. The van der Waals surface area contributed by atoms with Gasteiger partial charge in [-0.05, 0) is 31.4 Å². The molecule has 1 aromatic carbocycles. The molecular weight excluding hydrogens is 198 g/mol. The van der Waals surface area contributed by atoms with Gasteiger partial charge in [0.05, 0.1) is 0 Å². The van der Waals surface area contributed by atoms with Gasteiger partial charge in [0, 0.05) is 18.7 Å². The first-order chi connectivity index (χ1) is 7.66. The summed E-state index contributed by atoms with van der Waals surface area (Å²) >= 11 is 0. The average molecular weight is 217 g/mol. The lowest BCUT2D eigenvalue weighted by Gasteiger charge is -2.18. The van der Waals surface area contributed by atoms with E-state index < -0.39 is 0 Å². The average Bonchev–Trinajstić information content (AvgIpc) is 3.02. The minimum absolute atomic E-state index is 0.162. The van der Waals surface area contributed by atoms with E-state index >= 15 is 0 Å². The van der Waals surface area contributed by atoms with Gasteiger partial charge >= 0.3 is 0 Å². The lowest BCUT2D eigenvalue weighted by Crippen LogP contribution is -2.23. The van der Waals surface area contributed by atoms with Crippen LogP contribution in [0.15, 0.2) is 24.3 Å². The van der Waals surface area contributed by atoms with Crippen LogP contribution < -0.4 is 5.73 Å². The quantitative estimate of drug-likeness (QED) is 0.584. The molecule has 3 nitrogen and oxygen atoms in total. The van der Waals surface area contributed by atoms with Gasteiger partial charge in [-0.2, -0.15) is 0 Å². The van der Waals surface area contributed by atoms with E-state index in [2.05, 4.69) is 18.0 Å². The second kappa shape index (κ2) is 4.66. The topological polar surface area (TPSA) is 53.1 Å². The summed E-state index contributed by atoms with van der Waals surface area (Å²) in [5.41, 5.74) is 7.59. The molecule has 0 unspecified atom stereocenters. The number of amidine groups is 1. The molecule has 1 aliphatic rings. The van der Waals surface area contributed by atoms with Crippen molar-refractivity contribution in [1.82, 2.24) is 4.90 Å². The summed E-state index contributed by atoms with van der Waals surface area (Å²) in [7, 11) is 2.13. The van der Waals surface area contributed by atoms with Crippen molar-refractivity contribution < 1.29 is 0 Å². The van der Waals surface area contributed by atoms with Gasteiger partial charge in [-0.3, -0.25) is 5.41 Å². The SMILES string of the molecule is CN(Cc1ccccc1C(=N)N)CC1CC1. The van der Waals surface area contributed by atoms with E-state index in [0.717, 1.165) is 30.1 Å². The van der Waals surface area contributed by atoms with Crippen LogP contribution >= 0.6 is 0 Å². The van der Waals surface area contributed by atoms with Crippen molar-refractivity contribution in [2.24, 2.45) is 11.7 Å². The highest BCUT2D eigenvalue weighted by atomic mass is 15.1. The van der Waals surface area contributed by atoms with Crippen LogP contribution in [0.4, 0.5) is 0 Å². The molecule has 0 spiro atoms. The molecule has 3 heteroatoms. The van der Waals surface area contributed by atoms with Crippen molar-refractivity contribution >= 4 is 5.84 Å². The minimum Gasteiger partial charge on any atom is -0.384 e. The van der Waals surface area contributed by atoms with Crippen LogP contribution in [0.5, 0.6) is 0 Å². The van der Waals surface area contributed by atoms with Gasteiger partial charge in [0.25, 0.3) is 0 Å². The Bertz CT molecular complexity index is 383. The lowest BCUT2D eigenvalue weighted by atomic mass is 10.1. The Morgan fingerprint density at radius 2 is 2.12 bits per heavy atom. The van der Waals surface area contributed by atoms with Crippen LogP contribution in [0.1, 0.15) is 24.0 Å². The normalized spacial score (nSPS) is 15.4. The monoisotopic (exact) mass is 217 g/mol. The Morgan fingerprint density at radius 1 is 1.44 bits per heavy atom. The lowest BCUT2D eigenvalue weighted by molar-refractivity contribution is 0.313. The molecule has 3 N–H and O–H groups in total. The highest BCUT2D eigenvalue weighted by Gasteiger charge is 2.22. The summed E-state index contributed by atoms with van der Waals surface area (Å²) in [6.45, 7) is 2.04. The minimum atomic E-state index is 0.162. The number of nitrogens with two attached hydrogens (primary N) is 1. The van der Waals surface area contributed by atoms with Crippen LogP contribution in [0, 0.1) is 11.3 Å². The van der Waals surface area contributed by atoms with Gasteiger partial charge in [-0.1, -0.05) is 24.3 Å². The molecule has 0 heterocycles.